The van der Waals surface area contributed by atoms with Crippen LogP contribution >= 0.6 is 0 Å². The van der Waals surface area contributed by atoms with Crippen molar-refractivity contribution in [2.45, 2.75) is 6.10 Å². The van der Waals surface area contributed by atoms with Crippen molar-refractivity contribution in [1.29, 1.82) is 0 Å². The number of halogens is 1. The van der Waals surface area contributed by atoms with E-state index in [2.05, 4.69) is 6.58 Å². The van der Waals surface area contributed by atoms with Crippen LogP contribution in [0, 0.1) is 0 Å². The van der Waals surface area contributed by atoms with Gasteiger partial charge in [-0.15, -0.1) is 0 Å². The van der Waals surface area contributed by atoms with Gasteiger partial charge in [0.05, 0.1) is 0 Å². The first-order chi connectivity index (χ1) is 7.65. The summed E-state index contributed by atoms with van der Waals surface area (Å²) >= 11 is 0. The Morgan fingerprint density at radius 1 is 1.25 bits per heavy atom. The number of anilines is 1. The molecule has 3 heteroatoms. The van der Waals surface area contributed by atoms with Crippen LogP contribution in [0.4, 0.5) is 10.1 Å². The van der Waals surface area contributed by atoms with E-state index in [1.165, 1.54) is 12.2 Å². The van der Waals surface area contributed by atoms with Crippen LogP contribution in [0.15, 0.2) is 60.5 Å². The molecule has 2 N–H and O–H groups in total. The van der Waals surface area contributed by atoms with Crippen LogP contribution in [0.1, 0.15) is 0 Å². The molecule has 16 heavy (non-hydrogen) atoms. The van der Waals surface area contributed by atoms with Gasteiger partial charge in [0, 0.05) is 5.69 Å². The highest BCUT2D eigenvalue weighted by molar-refractivity contribution is 5.43. The standard InChI is InChI=1S/C13H12FNO/c1-9-8-10(14)2-7-13(9)16-12-5-3-11(15)4-6-12/h2-8,13H,1,15H2. The molecule has 1 aromatic rings. The minimum Gasteiger partial charge on any atom is -0.482 e. The summed E-state index contributed by atoms with van der Waals surface area (Å²) in [5.74, 6) is 0.378. The molecule has 1 aliphatic rings. The van der Waals surface area contributed by atoms with Crippen molar-refractivity contribution in [1.82, 2.24) is 0 Å². The van der Waals surface area contributed by atoms with E-state index in [0.717, 1.165) is 0 Å². The van der Waals surface area contributed by atoms with Crippen molar-refractivity contribution >= 4 is 5.69 Å². The Labute approximate surface area is 93.5 Å². The predicted octanol–water partition coefficient (Wildman–Crippen LogP) is 3.00. The van der Waals surface area contributed by atoms with Crippen LogP contribution in [-0.4, -0.2) is 6.10 Å². The lowest BCUT2D eigenvalue weighted by Gasteiger charge is -2.18. The second kappa shape index (κ2) is 4.23. The van der Waals surface area contributed by atoms with E-state index in [4.69, 9.17) is 10.5 Å². The highest BCUT2D eigenvalue weighted by Crippen LogP contribution is 2.22. The molecule has 0 spiro atoms. The molecule has 0 fully saturated rings. The molecule has 0 radical (unpaired) electrons. The fraction of sp³-hybridized carbons (Fsp3) is 0.0769. The van der Waals surface area contributed by atoms with Crippen molar-refractivity contribution in [3.05, 3.63) is 60.5 Å². The number of benzene rings is 1. The lowest BCUT2D eigenvalue weighted by atomic mass is 10.1. The van der Waals surface area contributed by atoms with Gasteiger partial charge < -0.3 is 10.5 Å². The maximum atomic E-state index is 12.8. The third-order valence-electron chi connectivity index (χ3n) is 2.26. The van der Waals surface area contributed by atoms with Gasteiger partial charge in [-0.25, -0.2) is 4.39 Å². The second-order valence-corrected chi connectivity index (χ2v) is 3.57. The molecule has 0 amide bonds. The predicted molar refractivity (Wildman–Crippen MR) is 62.7 cm³/mol. The van der Waals surface area contributed by atoms with Gasteiger partial charge in [-0.05, 0) is 48.1 Å². The molecule has 0 heterocycles. The Kier molecular flexibility index (Phi) is 2.77. The number of allylic oxidation sites excluding steroid dienone is 2. The maximum absolute atomic E-state index is 12.8. The smallest absolute Gasteiger partial charge is 0.142 e. The molecule has 1 aromatic carbocycles. The number of nitrogen functional groups attached to an aromatic ring is 1. The molecule has 1 unspecified atom stereocenters. The number of ether oxygens (including phenoxy) is 1. The van der Waals surface area contributed by atoms with Gasteiger partial charge in [0.1, 0.15) is 17.7 Å². The van der Waals surface area contributed by atoms with Crippen LogP contribution in [0.5, 0.6) is 5.75 Å². The van der Waals surface area contributed by atoms with Crippen molar-refractivity contribution in [2.24, 2.45) is 0 Å². The average molecular weight is 217 g/mol. The zero-order valence-corrected chi connectivity index (χ0v) is 8.69. The van der Waals surface area contributed by atoms with Crippen LogP contribution in [0.25, 0.3) is 0 Å². The van der Waals surface area contributed by atoms with Gasteiger partial charge in [0.25, 0.3) is 0 Å². The Hall–Kier alpha value is -2.03. The first-order valence-corrected chi connectivity index (χ1v) is 4.91. The fourth-order valence-corrected chi connectivity index (χ4v) is 1.42. The zero-order chi connectivity index (χ0) is 11.5. The number of rotatable bonds is 2. The SMILES string of the molecule is C=C1C=C(F)C=CC1Oc1ccc(N)cc1. The summed E-state index contributed by atoms with van der Waals surface area (Å²) in [7, 11) is 0. The summed E-state index contributed by atoms with van der Waals surface area (Å²) in [6.45, 7) is 3.74. The molecule has 0 saturated carbocycles. The molecule has 82 valence electrons. The van der Waals surface area contributed by atoms with Crippen molar-refractivity contribution in [3.8, 4) is 5.75 Å². The summed E-state index contributed by atoms with van der Waals surface area (Å²) in [5.41, 5.74) is 6.83. The van der Waals surface area contributed by atoms with E-state index < -0.39 is 0 Å². The number of hydrogen-bond acceptors (Lipinski definition) is 2. The minimum absolute atomic E-state index is 0.304. The van der Waals surface area contributed by atoms with Crippen LogP contribution in [0.2, 0.25) is 0 Å². The maximum Gasteiger partial charge on any atom is 0.142 e. The largest absolute Gasteiger partial charge is 0.482 e. The van der Waals surface area contributed by atoms with Crippen LogP contribution < -0.4 is 10.5 Å². The van der Waals surface area contributed by atoms with E-state index in [0.29, 0.717) is 17.0 Å². The summed E-state index contributed by atoms with van der Waals surface area (Å²) < 4.78 is 18.5. The summed E-state index contributed by atoms with van der Waals surface area (Å²) in [4.78, 5) is 0. The van der Waals surface area contributed by atoms with E-state index in [-0.39, 0.29) is 11.9 Å². The van der Waals surface area contributed by atoms with Gasteiger partial charge in [0.15, 0.2) is 0 Å². The van der Waals surface area contributed by atoms with Gasteiger partial charge in [-0.2, -0.15) is 0 Å². The van der Waals surface area contributed by atoms with Gasteiger partial charge in [0.2, 0.25) is 0 Å². The van der Waals surface area contributed by atoms with Crippen molar-refractivity contribution < 1.29 is 9.13 Å². The monoisotopic (exact) mass is 217 g/mol. The summed E-state index contributed by atoms with van der Waals surface area (Å²) in [5, 5.41) is 0. The van der Waals surface area contributed by atoms with E-state index in [9.17, 15) is 4.39 Å². The third kappa shape index (κ3) is 2.31. The van der Waals surface area contributed by atoms with E-state index >= 15 is 0 Å². The Bertz CT molecular complexity index is 459. The van der Waals surface area contributed by atoms with E-state index in [1.807, 2.05) is 0 Å². The molecule has 2 rings (SSSR count). The topological polar surface area (TPSA) is 35.2 Å². The normalized spacial score (nSPS) is 19.4. The fourth-order valence-electron chi connectivity index (χ4n) is 1.42. The molecule has 0 bridgehead atoms. The Balaban J connectivity index is 2.09. The second-order valence-electron chi connectivity index (χ2n) is 3.57. The highest BCUT2D eigenvalue weighted by atomic mass is 19.1. The Morgan fingerprint density at radius 3 is 2.56 bits per heavy atom. The number of nitrogens with two attached hydrogens (primary N) is 1. The molecular weight excluding hydrogens is 205 g/mol. The highest BCUT2D eigenvalue weighted by Gasteiger charge is 2.13. The molecule has 0 aromatic heterocycles. The average Bonchev–Trinajstić information content (AvgIpc) is 2.25. The molecule has 1 atom stereocenters. The van der Waals surface area contributed by atoms with E-state index in [1.54, 1.807) is 30.3 Å². The zero-order valence-electron chi connectivity index (χ0n) is 8.69. The molecule has 0 aliphatic heterocycles. The van der Waals surface area contributed by atoms with Crippen molar-refractivity contribution in [2.75, 3.05) is 5.73 Å². The first kappa shape index (κ1) is 10.5. The lowest BCUT2D eigenvalue weighted by Crippen LogP contribution is -2.17. The quantitative estimate of drug-likeness (QED) is 0.773. The third-order valence-corrected chi connectivity index (χ3v) is 2.26. The molecule has 1 aliphatic carbocycles. The molecule has 2 nitrogen and oxygen atoms in total. The molecular formula is C13H12FNO. The summed E-state index contributed by atoms with van der Waals surface area (Å²) in [6.07, 6.45) is 4.05. The van der Waals surface area contributed by atoms with Gasteiger partial charge in [-0.1, -0.05) is 6.58 Å². The van der Waals surface area contributed by atoms with Gasteiger partial charge >= 0.3 is 0 Å². The minimum atomic E-state index is -0.317. The van der Waals surface area contributed by atoms with Crippen LogP contribution in [-0.2, 0) is 0 Å². The first-order valence-electron chi connectivity index (χ1n) is 4.91. The van der Waals surface area contributed by atoms with Gasteiger partial charge in [-0.3, -0.25) is 0 Å². The Morgan fingerprint density at radius 2 is 1.94 bits per heavy atom. The lowest BCUT2D eigenvalue weighted by molar-refractivity contribution is 0.286. The summed E-state index contributed by atoms with van der Waals surface area (Å²) in [6, 6.07) is 7.04. The molecule has 0 saturated heterocycles. The number of hydrogen-bond donors (Lipinski definition) is 1. The van der Waals surface area contributed by atoms with Crippen LogP contribution in [0.3, 0.4) is 0 Å². The van der Waals surface area contributed by atoms with Crippen molar-refractivity contribution in [3.63, 3.8) is 0 Å².